The van der Waals surface area contributed by atoms with Crippen molar-refractivity contribution in [1.29, 1.82) is 0 Å². The number of para-hydroxylation sites is 1. The van der Waals surface area contributed by atoms with E-state index in [4.69, 9.17) is 0 Å². The summed E-state index contributed by atoms with van der Waals surface area (Å²) in [4.78, 5) is 17.1. The van der Waals surface area contributed by atoms with Crippen molar-refractivity contribution < 1.29 is 4.79 Å². The van der Waals surface area contributed by atoms with Crippen molar-refractivity contribution in [2.24, 2.45) is 7.05 Å². The van der Waals surface area contributed by atoms with Crippen LogP contribution in [0.5, 0.6) is 0 Å². The Morgan fingerprint density at radius 2 is 1.93 bits per heavy atom. The van der Waals surface area contributed by atoms with Crippen molar-refractivity contribution in [3.63, 3.8) is 0 Å². The maximum absolute atomic E-state index is 12.9. The number of carbonyl (C=O) groups is 1. The van der Waals surface area contributed by atoms with Gasteiger partial charge in [0, 0.05) is 51.2 Å². The molecule has 1 unspecified atom stereocenters. The van der Waals surface area contributed by atoms with Gasteiger partial charge in [-0.3, -0.25) is 9.48 Å². The van der Waals surface area contributed by atoms with Gasteiger partial charge in [0.2, 0.25) is 5.91 Å². The summed E-state index contributed by atoms with van der Waals surface area (Å²) in [7, 11) is 5.53. The highest BCUT2D eigenvalue weighted by molar-refractivity contribution is 5.85. The highest BCUT2D eigenvalue weighted by Crippen LogP contribution is 2.26. The fourth-order valence-electron chi connectivity index (χ4n) is 3.49. The molecule has 1 aromatic heterocycles. The highest BCUT2D eigenvalue weighted by atomic mass is 35.5. The average molecular weight is 414 g/mol. The van der Waals surface area contributed by atoms with Crippen LogP contribution in [0.25, 0.3) is 0 Å². The molecule has 0 radical (unpaired) electrons. The smallest absolute Gasteiger partial charge is 0.244 e. The lowest BCUT2D eigenvalue weighted by molar-refractivity contribution is -0.132. The molecule has 6 nitrogen and oxygen atoms in total. The van der Waals surface area contributed by atoms with Gasteiger partial charge in [-0.15, -0.1) is 24.8 Å². The topological polar surface area (TPSA) is 53.4 Å². The summed E-state index contributed by atoms with van der Waals surface area (Å²) in [5, 5.41) is 7.29. The van der Waals surface area contributed by atoms with Crippen LogP contribution in [0.3, 0.4) is 0 Å². The molecule has 1 amide bonds. The van der Waals surface area contributed by atoms with Crippen molar-refractivity contribution in [2.45, 2.75) is 25.4 Å². The van der Waals surface area contributed by atoms with Gasteiger partial charge >= 0.3 is 0 Å². The van der Waals surface area contributed by atoms with E-state index in [1.807, 2.05) is 33.4 Å². The van der Waals surface area contributed by atoms with Crippen LogP contribution >= 0.6 is 24.8 Å². The fraction of sp³-hybridized carbons (Fsp3) is 0.474. The van der Waals surface area contributed by atoms with Gasteiger partial charge in [0.25, 0.3) is 0 Å². The van der Waals surface area contributed by atoms with E-state index in [1.165, 1.54) is 24.1 Å². The lowest BCUT2D eigenvalue weighted by atomic mass is 10.1. The number of hydrogen-bond acceptors (Lipinski definition) is 4. The third kappa shape index (κ3) is 5.37. The van der Waals surface area contributed by atoms with Crippen LogP contribution in [0.2, 0.25) is 0 Å². The number of aryl methyl sites for hydroxylation is 1. The Morgan fingerprint density at radius 3 is 2.52 bits per heavy atom. The summed E-state index contributed by atoms with van der Waals surface area (Å²) >= 11 is 0. The second-order valence-corrected chi connectivity index (χ2v) is 6.69. The number of carbonyl (C=O) groups excluding carboxylic acids is 1. The Morgan fingerprint density at radius 1 is 1.26 bits per heavy atom. The molecule has 1 fully saturated rings. The predicted molar refractivity (Wildman–Crippen MR) is 114 cm³/mol. The zero-order chi connectivity index (χ0) is 17.8. The Bertz CT molecular complexity index is 730. The van der Waals surface area contributed by atoms with Crippen LogP contribution in [0.4, 0.5) is 5.69 Å². The molecule has 1 atom stereocenters. The first-order chi connectivity index (χ1) is 12.1. The van der Waals surface area contributed by atoms with E-state index < -0.39 is 0 Å². The highest BCUT2D eigenvalue weighted by Gasteiger charge is 2.24. The molecule has 3 rings (SSSR count). The van der Waals surface area contributed by atoms with Gasteiger partial charge in [0.15, 0.2) is 0 Å². The van der Waals surface area contributed by atoms with E-state index >= 15 is 0 Å². The molecule has 2 aromatic rings. The molecule has 150 valence electrons. The SMILES string of the molecule is CNC(C(=O)N(C)Cc1ccccc1N1CCCC1)c1cnn(C)c1.Cl.Cl. The Hall–Kier alpha value is -1.76. The maximum Gasteiger partial charge on any atom is 0.244 e. The van der Waals surface area contributed by atoms with Crippen LogP contribution in [0, 0.1) is 0 Å². The summed E-state index contributed by atoms with van der Waals surface area (Å²) in [5.41, 5.74) is 3.33. The number of hydrogen-bond donors (Lipinski definition) is 1. The lowest BCUT2D eigenvalue weighted by Gasteiger charge is -2.26. The van der Waals surface area contributed by atoms with Crippen LogP contribution in [0.15, 0.2) is 36.7 Å². The van der Waals surface area contributed by atoms with Gasteiger partial charge in [0.05, 0.1) is 6.20 Å². The number of nitrogens with one attached hydrogen (secondary N) is 1. The molecule has 1 aliphatic heterocycles. The van der Waals surface area contributed by atoms with Crippen LogP contribution in [0.1, 0.15) is 30.0 Å². The number of rotatable bonds is 6. The molecule has 8 heteroatoms. The monoisotopic (exact) mass is 413 g/mol. The first-order valence-corrected chi connectivity index (χ1v) is 8.84. The molecule has 1 saturated heterocycles. The molecule has 27 heavy (non-hydrogen) atoms. The van der Waals surface area contributed by atoms with Gasteiger partial charge in [-0.1, -0.05) is 18.2 Å². The lowest BCUT2D eigenvalue weighted by Crippen LogP contribution is -2.37. The normalized spacial score (nSPS) is 14.3. The molecule has 0 aliphatic carbocycles. The zero-order valence-corrected chi connectivity index (χ0v) is 17.7. The first kappa shape index (κ1) is 23.3. The van der Waals surface area contributed by atoms with Gasteiger partial charge in [-0.05, 0) is 31.5 Å². The Labute approximate surface area is 173 Å². The molecule has 0 bridgehead atoms. The number of halogens is 2. The largest absolute Gasteiger partial charge is 0.371 e. The van der Waals surface area contributed by atoms with E-state index in [0.29, 0.717) is 6.54 Å². The Balaban J connectivity index is 0.00000182. The molecular weight excluding hydrogens is 385 g/mol. The summed E-state index contributed by atoms with van der Waals surface area (Å²) in [6.45, 7) is 2.80. The minimum absolute atomic E-state index is 0. The molecule has 2 heterocycles. The van der Waals surface area contributed by atoms with Crippen molar-refractivity contribution in [2.75, 3.05) is 32.1 Å². The molecule has 0 saturated carbocycles. The maximum atomic E-state index is 12.9. The number of likely N-dealkylation sites (N-methyl/N-ethyl adjacent to an activating group) is 2. The summed E-state index contributed by atoms with van der Waals surface area (Å²) in [6, 6.07) is 8.03. The van der Waals surface area contributed by atoms with Crippen LogP contribution < -0.4 is 10.2 Å². The van der Waals surface area contributed by atoms with E-state index in [0.717, 1.165) is 18.7 Å². The number of benzene rings is 1. The number of amides is 1. The second-order valence-electron chi connectivity index (χ2n) is 6.69. The quantitative estimate of drug-likeness (QED) is 0.790. The second kappa shape index (κ2) is 10.5. The summed E-state index contributed by atoms with van der Waals surface area (Å²) in [6.07, 6.45) is 6.11. The molecular formula is C19H29Cl2N5O. The van der Waals surface area contributed by atoms with Gasteiger partial charge in [-0.2, -0.15) is 5.10 Å². The third-order valence-corrected chi connectivity index (χ3v) is 4.82. The van der Waals surface area contributed by atoms with E-state index in [2.05, 4.69) is 33.5 Å². The van der Waals surface area contributed by atoms with Crippen molar-refractivity contribution >= 4 is 36.4 Å². The molecule has 1 aliphatic rings. The van der Waals surface area contributed by atoms with Crippen LogP contribution in [-0.4, -0.2) is 47.8 Å². The summed E-state index contributed by atoms with van der Waals surface area (Å²) < 4.78 is 1.72. The van der Waals surface area contributed by atoms with Crippen LogP contribution in [-0.2, 0) is 18.4 Å². The number of anilines is 1. The molecule has 1 N–H and O–H groups in total. The minimum atomic E-state index is -0.377. The van der Waals surface area contributed by atoms with Gasteiger partial charge in [0.1, 0.15) is 6.04 Å². The molecule has 1 aromatic carbocycles. The Kier molecular flexibility index (Phi) is 9.09. The average Bonchev–Trinajstić information content (AvgIpc) is 3.28. The third-order valence-electron chi connectivity index (χ3n) is 4.82. The van der Waals surface area contributed by atoms with E-state index in [1.54, 1.807) is 15.8 Å². The predicted octanol–water partition coefficient (Wildman–Crippen LogP) is 2.78. The minimum Gasteiger partial charge on any atom is -0.371 e. The number of nitrogens with zero attached hydrogens (tertiary/aromatic N) is 4. The first-order valence-electron chi connectivity index (χ1n) is 8.84. The zero-order valence-electron chi connectivity index (χ0n) is 16.1. The number of aromatic nitrogens is 2. The standard InChI is InChI=1S/C19H27N5O.2ClH/c1-20-18(16-12-21-23(3)14-16)19(25)22(2)13-15-8-4-5-9-17(15)24-10-6-7-11-24;;/h4-5,8-9,12,14,18,20H,6-7,10-11,13H2,1-3H3;2*1H. The van der Waals surface area contributed by atoms with Gasteiger partial charge in [-0.25, -0.2) is 0 Å². The van der Waals surface area contributed by atoms with E-state index in [9.17, 15) is 4.79 Å². The van der Waals surface area contributed by atoms with E-state index in [-0.39, 0.29) is 36.8 Å². The van der Waals surface area contributed by atoms with Crippen molar-refractivity contribution in [3.8, 4) is 0 Å². The van der Waals surface area contributed by atoms with Gasteiger partial charge < -0.3 is 15.1 Å². The fourth-order valence-corrected chi connectivity index (χ4v) is 3.49. The van der Waals surface area contributed by atoms with Crippen molar-refractivity contribution in [3.05, 3.63) is 47.8 Å². The molecule has 0 spiro atoms. The van der Waals surface area contributed by atoms with Crippen molar-refractivity contribution in [1.82, 2.24) is 20.0 Å². The summed E-state index contributed by atoms with van der Waals surface area (Å²) in [5.74, 6) is 0.0479.